The van der Waals surface area contributed by atoms with Crippen LogP contribution >= 0.6 is 0 Å². The van der Waals surface area contributed by atoms with Gasteiger partial charge in [0.2, 0.25) is 0 Å². The summed E-state index contributed by atoms with van der Waals surface area (Å²) in [5, 5.41) is 21.7. The summed E-state index contributed by atoms with van der Waals surface area (Å²) >= 11 is 0. The average molecular weight is 245 g/mol. The minimum absolute atomic E-state index is 0.147. The van der Waals surface area contributed by atoms with Gasteiger partial charge in [-0.05, 0) is 14.0 Å². The molecule has 1 rings (SSSR count). The third-order valence-corrected chi connectivity index (χ3v) is 3.05. The Labute approximate surface area is 102 Å². The van der Waals surface area contributed by atoms with Crippen LogP contribution in [0.4, 0.5) is 0 Å². The van der Waals surface area contributed by atoms with Crippen molar-refractivity contribution in [3.8, 4) is 0 Å². The van der Waals surface area contributed by atoms with E-state index in [9.17, 15) is 9.90 Å². The van der Waals surface area contributed by atoms with E-state index in [1.54, 1.807) is 0 Å². The molecule has 0 aliphatic carbocycles. The number of rotatable bonds is 6. The van der Waals surface area contributed by atoms with Gasteiger partial charge in [-0.2, -0.15) is 0 Å². The molecule has 100 valence electrons. The van der Waals surface area contributed by atoms with Crippen LogP contribution in [0.15, 0.2) is 0 Å². The number of carboxylic acids is 1. The minimum atomic E-state index is -1.67. The second-order valence-corrected chi connectivity index (χ2v) is 4.91. The van der Waals surface area contributed by atoms with Crippen LogP contribution < -0.4 is 5.32 Å². The molecule has 0 aromatic carbocycles. The molecular formula is C11H23N3O3. The highest BCUT2D eigenvalue weighted by atomic mass is 16.4. The molecule has 0 amide bonds. The maximum absolute atomic E-state index is 10.8. The number of likely N-dealkylation sites (N-methyl/N-ethyl adjacent to an activating group) is 1. The van der Waals surface area contributed by atoms with Crippen molar-refractivity contribution in [2.75, 3.05) is 52.9 Å². The Morgan fingerprint density at radius 1 is 1.47 bits per heavy atom. The van der Waals surface area contributed by atoms with E-state index in [0.717, 1.165) is 39.3 Å². The fraction of sp³-hybridized carbons (Fsp3) is 0.909. The van der Waals surface area contributed by atoms with E-state index in [4.69, 9.17) is 5.11 Å². The van der Waals surface area contributed by atoms with Crippen LogP contribution in [0.3, 0.4) is 0 Å². The number of carbonyl (C=O) groups is 1. The Bertz CT molecular complexity index is 252. The molecule has 6 heteroatoms. The van der Waals surface area contributed by atoms with Crippen molar-refractivity contribution in [1.82, 2.24) is 15.1 Å². The van der Waals surface area contributed by atoms with Gasteiger partial charge in [0.25, 0.3) is 0 Å². The van der Waals surface area contributed by atoms with Crippen LogP contribution in [0.25, 0.3) is 0 Å². The predicted molar refractivity (Wildman–Crippen MR) is 65.1 cm³/mol. The molecule has 1 heterocycles. The highest BCUT2D eigenvalue weighted by Gasteiger charge is 2.31. The zero-order chi connectivity index (χ0) is 12.9. The van der Waals surface area contributed by atoms with Gasteiger partial charge in [0, 0.05) is 45.8 Å². The van der Waals surface area contributed by atoms with Gasteiger partial charge >= 0.3 is 5.97 Å². The number of carboxylic acid groups (broad SMARTS) is 1. The van der Waals surface area contributed by atoms with E-state index in [2.05, 4.69) is 10.2 Å². The molecule has 0 spiro atoms. The van der Waals surface area contributed by atoms with E-state index < -0.39 is 11.6 Å². The summed E-state index contributed by atoms with van der Waals surface area (Å²) in [5.74, 6) is -1.17. The smallest absolute Gasteiger partial charge is 0.336 e. The van der Waals surface area contributed by atoms with Crippen LogP contribution in [0.2, 0.25) is 0 Å². The van der Waals surface area contributed by atoms with Crippen molar-refractivity contribution in [2.45, 2.75) is 12.5 Å². The third kappa shape index (κ3) is 4.99. The fourth-order valence-electron chi connectivity index (χ4n) is 1.92. The molecule has 17 heavy (non-hydrogen) atoms. The summed E-state index contributed by atoms with van der Waals surface area (Å²) in [5.41, 5.74) is -1.67. The standard InChI is InChI=1S/C11H23N3O3/c1-11(17,10(15)16)9-13(2)7-8-14-5-3-12-4-6-14/h12,17H,3-9H2,1-2H3,(H,15,16). The highest BCUT2D eigenvalue weighted by molar-refractivity contribution is 5.76. The maximum Gasteiger partial charge on any atom is 0.336 e. The first-order chi connectivity index (χ1) is 7.92. The molecule has 3 N–H and O–H groups in total. The third-order valence-electron chi connectivity index (χ3n) is 3.05. The Kier molecular flexibility index (Phi) is 5.32. The maximum atomic E-state index is 10.8. The largest absolute Gasteiger partial charge is 0.479 e. The molecule has 0 aromatic heterocycles. The zero-order valence-electron chi connectivity index (χ0n) is 10.6. The van der Waals surface area contributed by atoms with E-state index in [0.29, 0.717) is 0 Å². The lowest BCUT2D eigenvalue weighted by Crippen LogP contribution is -2.49. The van der Waals surface area contributed by atoms with E-state index >= 15 is 0 Å². The summed E-state index contributed by atoms with van der Waals surface area (Å²) < 4.78 is 0. The second-order valence-electron chi connectivity index (χ2n) is 4.91. The SMILES string of the molecule is CN(CCN1CCNCC1)CC(C)(O)C(=O)O. The second kappa shape index (κ2) is 6.30. The monoisotopic (exact) mass is 245 g/mol. The van der Waals surface area contributed by atoms with Gasteiger partial charge in [-0.15, -0.1) is 0 Å². The molecule has 1 unspecified atom stereocenters. The van der Waals surface area contributed by atoms with Crippen LogP contribution in [0.1, 0.15) is 6.92 Å². The molecule has 1 fully saturated rings. The number of aliphatic hydroxyl groups is 1. The van der Waals surface area contributed by atoms with Crippen molar-refractivity contribution >= 4 is 5.97 Å². The van der Waals surface area contributed by atoms with Gasteiger partial charge in [0.1, 0.15) is 0 Å². The van der Waals surface area contributed by atoms with Crippen molar-refractivity contribution in [1.29, 1.82) is 0 Å². The summed E-state index contributed by atoms with van der Waals surface area (Å²) in [6.45, 7) is 7.24. The van der Waals surface area contributed by atoms with Gasteiger partial charge in [0.15, 0.2) is 5.60 Å². The topological polar surface area (TPSA) is 76.0 Å². The van der Waals surface area contributed by atoms with Crippen molar-refractivity contribution in [2.24, 2.45) is 0 Å². The molecule has 6 nitrogen and oxygen atoms in total. The summed E-state index contributed by atoms with van der Waals surface area (Å²) in [6.07, 6.45) is 0. The first-order valence-corrected chi connectivity index (χ1v) is 5.99. The van der Waals surface area contributed by atoms with Crippen LogP contribution in [0.5, 0.6) is 0 Å². The predicted octanol–water partition coefficient (Wildman–Crippen LogP) is -1.34. The Balaban J connectivity index is 2.24. The normalized spacial score (nSPS) is 21.4. The summed E-state index contributed by atoms with van der Waals surface area (Å²) in [4.78, 5) is 15.0. The molecule has 0 aromatic rings. The van der Waals surface area contributed by atoms with Gasteiger partial charge in [-0.25, -0.2) is 4.79 Å². The van der Waals surface area contributed by atoms with Crippen molar-refractivity contribution < 1.29 is 15.0 Å². The number of hydrogen-bond donors (Lipinski definition) is 3. The van der Waals surface area contributed by atoms with Gasteiger partial charge in [-0.1, -0.05) is 0 Å². The van der Waals surface area contributed by atoms with Crippen LogP contribution in [-0.2, 0) is 4.79 Å². The fourth-order valence-corrected chi connectivity index (χ4v) is 1.92. The zero-order valence-corrected chi connectivity index (χ0v) is 10.6. The molecular weight excluding hydrogens is 222 g/mol. The van der Waals surface area contributed by atoms with E-state index in [1.807, 2.05) is 11.9 Å². The van der Waals surface area contributed by atoms with Gasteiger partial charge in [0.05, 0.1) is 0 Å². The summed E-state index contributed by atoms with van der Waals surface area (Å²) in [7, 11) is 1.83. The molecule has 0 radical (unpaired) electrons. The number of piperazine rings is 1. The molecule has 1 atom stereocenters. The lowest BCUT2D eigenvalue weighted by Gasteiger charge is -2.30. The lowest BCUT2D eigenvalue weighted by molar-refractivity contribution is -0.158. The summed E-state index contributed by atoms with van der Waals surface area (Å²) in [6, 6.07) is 0. The first kappa shape index (κ1) is 14.4. The van der Waals surface area contributed by atoms with E-state index in [1.165, 1.54) is 6.92 Å². The first-order valence-electron chi connectivity index (χ1n) is 5.99. The molecule has 0 saturated carbocycles. The highest BCUT2D eigenvalue weighted by Crippen LogP contribution is 2.05. The van der Waals surface area contributed by atoms with Crippen molar-refractivity contribution in [3.63, 3.8) is 0 Å². The number of nitrogens with one attached hydrogen (secondary N) is 1. The van der Waals surface area contributed by atoms with Crippen molar-refractivity contribution in [3.05, 3.63) is 0 Å². The Morgan fingerprint density at radius 2 is 2.06 bits per heavy atom. The Morgan fingerprint density at radius 3 is 2.59 bits per heavy atom. The van der Waals surface area contributed by atoms with Gasteiger partial charge < -0.3 is 20.4 Å². The number of aliphatic carboxylic acids is 1. The average Bonchev–Trinajstić information content (AvgIpc) is 2.27. The Hall–Kier alpha value is -0.690. The molecule has 0 bridgehead atoms. The lowest BCUT2D eigenvalue weighted by atomic mass is 10.1. The van der Waals surface area contributed by atoms with Gasteiger partial charge in [-0.3, -0.25) is 4.90 Å². The molecule has 1 aliphatic rings. The minimum Gasteiger partial charge on any atom is -0.479 e. The number of nitrogens with zero attached hydrogens (tertiary/aromatic N) is 2. The van der Waals surface area contributed by atoms with E-state index in [-0.39, 0.29) is 6.54 Å². The van der Waals surface area contributed by atoms with Crippen LogP contribution in [0, 0.1) is 0 Å². The van der Waals surface area contributed by atoms with Crippen LogP contribution in [-0.4, -0.2) is 84.4 Å². The molecule has 1 aliphatic heterocycles. The number of hydrogen-bond acceptors (Lipinski definition) is 5. The molecule has 1 saturated heterocycles. The quantitative estimate of drug-likeness (QED) is 0.538.